The summed E-state index contributed by atoms with van der Waals surface area (Å²) in [5.41, 5.74) is 0. The second-order valence-electron chi connectivity index (χ2n) is 6.02. The van der Waals surface area contributed by atoms with E-state index in [-0.39, 0.29) is 5.25 Å². The second kappa shape index (κ2) is 7.04. The molecule has 5 heteroatoms. The van der Waals surface area contributed by atoms with Gasteiger partial charge in [0.15, 0.2) is 0 Å². The van der Waals surface area contributed by atoms with Crippen molar-refractivity contribution in [2.75, 3.05) is 13.1 Å². The number of piperidine rings is 1. The Labute approximate surface area is 117 Å². The van der Waals surface area contributed by atoms with Crippen molar-refractivity contribution in [1.82, 2.24) is 10.0 Å². The number of hydrogen-bond donors (Lipinski definition) is 2. The van der Waals surface area contributed by atoms with E-state index in [0.29, 0.717) is 18.5 Å². The van der Waals surface area contributed by atoms with Crippen LogP contribution in [-0.4, -0.2) is 32.8 Å². The molecule has 1 aliphatic heterocycles. The van der Waals surface area contributed by atoms with E-state index in [1.54, 1.807) is 0 Å². The molecule has 1 heterocycles. The lowest BCUT2D eigenvalue weighted by atomic mass is 9.89. The lowest BCUT2D eigenvalue weighted by molar-refractivity contribution is 0.273. The van der Waals surface area contributed by atoms with E-state index in [9.17, 15) is 8.42 Å². The third-order valence-electron chi connectivity index (χ3n) is 4.75. The normalized spacial score (nSPS) is 30.4. The van der Waals surface area contributed by atoms with E-state index >= 15 is 0 Å². The van der Waals surface area contributed by atoms with Gasteiger partial charge >= 0.3 is 0 Å². The van der Waals surface area contributed by atoms with Gasteiger partial charge in [0, 0.05) is 12.6 Å². The van der Waals surface area contributed by atoms with Gasteiger partial charge in [-0.1, -0.05) is 32.6 Å². The first-order valence-electron chi connectivity index (χ1n) is 7.85. The van der Waals surface area contributed by atoms with Crippen molar-refractivity contribution in [2.45, 2.75) is 69.6 Å². The maximum Gasteiger partial charge on any atom is 0.214 e. The van der Waals surface area contributed by atoms with Crippen LogP contribution in [-0.2, 0) is 10.0 Å². The maximum atomic E-state index is 12.3. The highest BCUT2D eigenvalue weighted by Crippen LogP contribution is 2.24. The first-order valence-corrected chi connectivity index (χ1v) is 9.40. The molecule has 0 spiro atoms. The summed E-state index contributed by atoms with van der Waals surface area (Å²) >= 11 is 0. The van der Waals surface area contributed by atoms with Gasteiger partial charge in [-0.3, -0.25) is 0 Å². The minimum Gasteiger partial charge on any atom is -0.312 e. The Balaban J connectivity index is 1.85. The Hall–Kier alpha value is -0.130. The molecule has 1 aliphatic carbocycles. The highest BCUT2D eigenvalue weighted by atomic mass is 32.2. The highest BCUT2D eigenvalue weighted by Gasteiger charge is 2.29. The Morgan fingerprint density at radius 3 is 2.53 bits per heavy atom. The molecule has 112 valence electrons. The molecule has 0 amide bonds. The van der Waals surface area contributed by atoms with E-state index in [1.807, 2.05) is 0 Å². The second-order valence-corrected chi connectivity index (χ2v) is 8.07. The summed E-state index contributed by atoms with van der Waals surface area (Å²) in [4.78, 5) is 0. The van der Waals surface area contributed by atoms with E-state index in [0.717, 1.165) is 38.6 Å². The molecule has 19 heavy (non-hydrogen) atoms. The largest absolute Gasteiger partial charge is 0.312 e. The van der Waals surface area contributed by atoms with E-state index in [1.165, 1.54) is 19.3 Å². The number of sulfonamides is 1. The van der Waals surface area contributed by atoms with Gasteiger partial charge < -0.3 is 5.32 Å². The van der Waals surface area contributed by atoms with E-state index in [2.05, 4.69) is 17.0 Å². The zero-order chi connectivity index (χ0) is 13.7. The first kappa shape index (κ1) is 15.3. The molecule has 2 fully saturated rings. The monoisotopic (exact) mass is 288 g/mol. The molecule has 2 unspecified atom stereocenters. The van der Waals surface area contributed by atoms with Gasteiger partial charge in [0.2, 0.25) is 10.0 Å². The van der Waals surface area contributed by atoms with Crippen molar-refractivity contribution in [3.05, 3.63) is 0 Å². The fourth-order valence-corrected chi connectivity index (χ4v) is 5.05. The molecule has 0 radical (unpaired) electrons. The molecule has 1 saturated carbocycles. The van der Waals surface area contributed by atoms with Crippen LogP contribution in [0.1, 0.15) is 58.3 Å². The third-order valence-corrected chi connectivity index (χ3v) is 6.67. The lowest BCUT2D eigenvalue weighted by Gasteiger charge is -2.32. The fraction of sp³-hybridized carbons (Fsp3) is 1.00. The average Bonchev–Trinajstić information content (AvgIpc) is 2.46. The molecule has 4 nitrogen and oxygen atoms in total. The van der Waals surface area contributed by atoms with Crippen molar-refractivity contribution in [3.63, 3.8) is 0 Å². The molecule has 0 aromatic carbocycles. The van der Waals surface area contributed by atoms with Gasteiger partial charge in [0.25, 0.3) is 0 Å². The van der Waals surface area contributed by atoms with Crippen LogP contribution < -0.4 is 10.0 Å². The number of rotatable bonds is 5. The average molecular weight is 288 g/mol. The lowest BCUT2D eigenvalue weighted by Crippen LogP contribution is -2.50. The molecule has 1 saturated heterocycles. The van der Waals surface area contributed by atoms with Gasteiger partial charge in [-0.05, 0) is 38.1 Å². The van der Waals surface area contributed by atoms with Crippen LogP contribution in [0.2, 0.25) is 0 Å². The van der Waals surface area contributed by atoms with Crippen molar-refractivity contribution < 1.29 is 8.42 Å². The van der Waals surface area contributed by atoms with Crippen molar-refractivity contribution in [3.8, 4) is 0 Å². The van der Waals surface area contributed by atoms with E-state index in [4.69, 9.17) is 0 Å². The molecule has 0 bridgehead atoms. The Kier molecular flexibility index (Phi) is 5.66. The quantitative estimate of drug-likeness (QED) is 0.813. The number of nitrogens with one attached hydrogen (secondary N) is 2. The number of hydrogen-bond acceptors (Lipinski definition) is 3. The third kappa shape index (κ3) is 4.17. The molecule has 0 aromatic heterocycles. The van der Waals surface area contributed by atoms with Crippen LogP contribution >= 0.6 is 0 Å². The highest BCUT2D eigenvalue weighted by molar-refractivity contribution is 7.90. The molecule has 2 atom stereocenters. The zero-order valence-corrected chi connectivity index (χ0v) is 12.8. The minimum atomic E-state index is -3.10. The predicted octanol–water partition coefficient (Wildman–Crippen LogP) is 2.02. The SMILES string of the molecule is CCC1CCCNC1CNS(=O)(=O)C1CCCCC1. The summed E-state index contributed by atoms with van der Waals surface area (Å²) in [5, 5.41) is 3.32. The summed E-state index contributed by atoms with van der Waals surface area (Å²) in [5.74, 6) is 0.614. The predicted molar refractivity (Wildman–Crippen MR) is 78.6 cm³/mol. The topological polar surface area (TPSA) is 58.2 Å². The Bertz CT molecular complexity index is 364. The molecule has 2 rings (SSSR count). The summed E-state index contributed by atoms with van der Waals surface area (Å²) in [7, 11) is -3.10. The van der Waals surface area contributed by atoms with Gasteiger partial charge in [0.1, 0.15) is 0 Å². The smallest absolute Gasteiger partial charge is 0.214 e. The standard InChI is InChI=1S/C14H28N2O2S/c1-2-12-7-6-10-15-14(12)11-16-19(17,18)13-8-4-3-5-9-13/h12-16H,2-11H2,1H3. The summed E-state index contributed by atoms with van der Waals surface area (Å²) in [6, 6.07) is 0.317. The molecular weight excluding hydrogens is 260 g/mol. The molecule has 2 aliphatic rings. The molecule has 2 N–H and O–H groups in total. The zero-order valence-electron chi connectivity index (χ0n) is 12.0. The maximum absolute atomic E-state index is 12.3. The van der Waals surface area contributed by atoms with Crippen LogP contribution in [0.3, 0.4) is 0 Å². The van der Waals surface area contributed by atoms with Gasteiger partial charge in [0.05, 0.1) is 5.25 Å². The van der Waals surface area contributed by atoms with Gasteiger partial charge in [-0.15, -0.1) is 0 Å². The van der Waals surface area contributed by atoms with Crippen LogP contribution in [0.5, 0.6) is 0 Å². The molecule has 0 aromatic rings. The van der Waals surface area contributed by atoms with Crippen molar-refractivity contribution in [2.24, 2.45) is 5.92 Å². The van der Waals surface area contributed by atoms with Gasteiger partial charge in [-0.2, -0.15) is 0 Å². The summed E-state index contributed by atoms with van der Waals surface area (Å²) in [6.45, 7) is 3.78. The van der Waals surface area contributed by atoms with Crippen LogP contribution in [0, 0.1) is 5.92 Å². The summed E-state index contributed by atoms with van der Waals surface area (Å²) in [6.07, 6.45) is 8.55. The van der Waals surface area contributed by atoms with Crippen LogP contribution in [0.4, 0.5) is 0 Å². The molecular formula is C14H28N2O2S. The van der Waals surface area contributed by atoms with Gasteiger partial charge in [-0.25, -0.2) is 13.1 Å². The van der Waals surface area contributed by atoms with Crippen molar-refractivity contribution >= 4 is 10.0 Å². The Morgan fingerprint density at radius 1 is 1.11 bits per heavy atom. The Morgan fingerprint density at radius 2 is 1.84 bits per heavy atom. The van der Waals surface area contributed by atoms with Crippen LogP contribution in [0.15, 0.2) is 0 Å². The summed E-state index contributed by atoms with van der Waals surface area (Å²) < 4.78 is 27.4. The van der Waals surface area contributed by atoms with Crippen LogP contribution in [0.25, 0.3) is 0 Å². The fourth-order valence-electron chi connectivity index (χ4n) is 3.45. The van der Waals surface area contributed by atoms with Crippen molar-refractivity contribution in [1.29, 1.82) is 0 Å². The minimum absolute atomic E-state index is 0.148. The van der Waals surface area contributed by atoms with E-state index < -0.39 is 10.0 Å². The first-order chi connectivity index (χ1) is 9.13.